The Bertz CT molecular complexity index is 305. The maximum atomic E-state index is 9.62. The number of hydrogen-bond acceptors (Lipinski definition) is 2. The minimum Gasteiger partial charge on any atom is -0.508 e. The van der Waals surface area contributed by atoms with E-state index in [1.807, 2.05) is 6.92 Å². The number of benzene rings is 1. The van der Waals surface area contributed by atoms with Gasteiger partial charge in [-0.25, -0.2) is 0 Å². The van der Waals surface area contributed by atoms with E-state index in [-0.39, 0.29) is 11.8 Å². The first-order chi connectivity index (χ1) is 6.56. The van der Waals surface area contributed by atoms with Crippen molar-refractivity contribution >= 4 is 23.2 Å². The number of nitrogens with two attached hydrogens (primary N) is 1. The van der Waals surface area contributed by atoms with Gasteiger partial charge >= 0.3 is 0 Å². The molecule has 4 heteroatoms. The Labute approximate surface area is 93.6 Å². The van der Waals surface area contributed by atoms with Crippen LogP contribution in [0.3, 0.4) is 0 Å². The largest absolute Gasteiger partial charge is 0.508 e. The summed E-state index contributed by atoms with van der Waals surface area (Å²) >= 11 is 11.7. The molecule has 0 bridgehead atoms. The van der Waals surface area contributed by atoms with E-state index in [1.165, 1.54) is 6.07 Å². The highest BCUT2D eigenvalue weighted by Crippen LogP contribution is 2.35. The van der Waals surface area contributed by atoms with E-state index in [1.54, 1.807) is 6.07 Å². The molecule has 78 valence electrons. The topological polar surface area (TPSA) is 46.2 Å². The monoisotopic (exact) mass is 233 g/mol. The number of phenolic OH excluding ortho intramolecular Hbond substituents is 1. The molecule has 0 saturated carbocycles. The highest BCUT2D eigenvalue weighted by atomic mass is 35.5. The smallest absolute Gasteiger partial charge is 0.123 e. The summed E-state index contributed by atoms with van der Waals surface area (Å²) in [6.07, 6.45) is 1.73. The summed E-state index contributed by atoms with van der Waals surface area (Å²) in [5.41, 5.74) is 6.45. The molecule has 0 aromatic heterocycles. The van der Waals surface area contributed by atoms with Crippen LogP contribution in [0.4, 0.5) is 0 Å². The predicted octanol–water partition coefficient (Wildman–Crippen LogP) is 3.50. The molecule has 0 saturated heterocycles. The van der Waals surface area contributed by atoms with Crippen molar-refractivity contribution in [3.63, 3.8) is 0 Å². The lowest BCUT2D eigenvalue weighted by molar-refractivity contribution is 0.458. The van der Waals surface area contributed by atoms with Crippen molar-refractivity contribution in [2.75, 3.05) is 0 Å². The predicted molar refractivity (Wildman–Crippen MR) is 60.0 cm³/mol. The fraction of sp³-hybridized carbons (Fsp3) is 0.400. The molecule has 0 fully saturated rings. The van der Waals surface area contributed by atoms with Crippen molar-refractivity contribution in [1.29, 1.82) is 0 Å². The Hall–Kier alpha value is -0.440. The van der Waals surface area contributed by atoms with Crippen molar-refractivity contribution < 1.29 is 5.11 Å². The van der Waals surface area contributed by atoms with Crippen molar-refractivity contribution in [3.05, 3.63) is 27.7 Å². The maximum absolute atomic E-state index is 9.62. The van der Waals surface area contributed by atoms with Gasteiger partial charge in [0, 0.05) is 16.6 Å². The molecule has 0 spiro atoms. The zero-order valence-electron chi connectivity index (χ0n) is 7.93. The molecule has 0 radical (unpaired) electrons. The molecule has 0 aliphatic rings. The first-order valence-electron chi connectivity index (χ1n) is 4.49. The SMILES string of the molecule is CCC[C@@H](N)c1c(O)cc(Cl)cc1Cl. The van der Waals surface area contributed by atoms with Gasteiger partial charge in [-0.1, -0.05) is 36.5 Å². The van der Waals surface area contributed by atoms with Crippen molar-refractivity contribution in [2.45, 2.75) is 25.8 Å². The molecule has 0 amide bonds. The molecule has 14 heavy (non-hydrogen) atoms. The number of halogens is 2. The molecule has 3 N–H and O–H groups in total. The van der Waals surface area contributed by atoms with Gasteiger partial charge in [-0.15, -0.1) is 0 Å². The van der Waals surface area contributed by atoms with E-state index in [4.69, 9.17) is 28.9 Å². The van der Waals surface area contributed by atoms with Crippen molar-refractivity contribution in [2.24, 2.45) is 5.73 Å². The first kappa shape index (κ1) is 11.6. The zero-order valence-corrected chi connectivity index (χ0v) is 9.44. The maximum Gasteiger partial charge on any atom is 0.123 e. The number of rotatable bonds is 3. The molecular weight excluding hydrogens is 221 g/mol. The Morgan fingerprint density at radius 3 is 2.57 bits per heavy atom. The van der Waals surface area contributed by atoms with Crippen LogP contribution in [0.2, 0.25) is 10.0 Å². The lowest BCUT2D eigenvalue weighted by Gasteiger charge is -2.14. The molecule has 1 rings (SSSR count). The number of phenols is 1. The highest BCUT2D eigenvalue weighted by molar-refractivity contribution is 6.35. The van der Waals surface area contributed by atoms with E-state index in [0.717, 1.165) is 12.8 Å². The van der Waals surface area contributed by atoms with Gasteiger partial charge in [0.15, 0.2) is 0 Å². The Balaban J connectivity index is 3.07. The van der Waals surface area contributed by atoms with Crippen molar-refractivity contribution in [1.82, 2.24) is 0 Å². The molecule has 0 aliphatic carbocycles. The van der Waals surface area contributed by atoms with Crippen LogP contribution in [0, 0.1) is 0 Å². The third-order valence-corrected chi connectivity index (χ3v) is 2.57. The normalized spacial score (nSPS) is 12.9. The molecule has 0 aliphatic heterocycles. The summed E-state index contributed by atoms with van der Waals surface area (Å²) in [7, 11) is 0. The molecule has 1 aromatic carbocycles. The van der Waals surface area contributed by atoms with E-state index in [9.17, 15) is 5.11 Å². The molecule has 2 nitrogen and oxygen atoms in total. The summed E-state index contributed by atoms with van der Waals surface area (Å²) in [6, 6.07) is 2.82. The van der Waals surface area contributed by atoms with E-state index in [0.29, 0.717) is 15.6 Å². The van der Waals surface area contributed by atoms with Crippen LogP contribution in [0.1, 0.15) is 31.4 Å². The van der Waals surface area contributed by atoms with Gasteiger partial charge < -0.3 is 10.8 Å². The zero-order chi connectivity index (χ0) is 10.7. The van der Waals surface area contributed by atoms with E-state index in [2.05, 4.69) is 0 Å². The molecule has 0 heterocycles. The van der Waals surface area contributed by atoms with Gasteiger partial charge in [-0.3, -0.25) is 0 Å². The van der Waals surface area contributed by atoms with Gasteiger partial charge in [-0.2, -0.15) is 0 Å². The van der Waals surface area contributed by atoms with E-state index >= 15 is 0 Å². The quantitative estimate of drug-likeness (QED) is 0.840. The summed E-state index contributed by atoms with van der Waals surface area (Å²) < 4.78 is 0. The second-order valence-electron chi connectivity index (χ2n) is 3.22. The Kier molecular flexibility index (Phi) is 4.05. The van der Waals surface area contributed by atoms with Crippen LogP contribution in [0.25, 0.3) is 0 Å². The van der Waals surface area contributed by atoms with Crippen LogP contribution in [0.5, 0.6) is 5.75 Å². The van der Waals surface area contributed by atoms with Crippen LogP contribution in [-0.4, -0.2) is 5.11 Å². The minimum absolute atomic E-state index is 0.0726. The second-order valence-corrected chi connectivity index (χ2v) is 4.06. The van der Waals surface area contributed by atoms with E-state index < -0.39 is 0 Å². The van der Waals surface area contributed by atoms with Gasteiger partial charge in [0.25, 0.3) is 0 Å². The van der Waals surface area contributed by atoms with Crippen LogP contribution < -0.4 is 5.73 Å². The molecular formula is C10H13Cl2NO. The fourth-order valence-corrected chi connectivity index (χ4v) is 2.02. The Morgan fingerprint density at radius 2 is 2.07 bits per heavy atom. The third kappa shape index (κ3) is 2.53. The number of aromatic hydroxyl groups is 1. The molecule has 1 atom stereocenters. The fourth-order valence-electron chi connectivity index (χ4n) is 1.39. The average molecular weight is 234 g/mol. The summed E-state index contributed by atoms with van der Waals surface area (Å²) in [6.45, 7) is 2.03. The van der Waals surface area contributed by atoms with Crippen LogP contribution in [0.15, 0.2) is 12.1 Å². The minimum atomic E-state index is -0.232. The Morgan fingerprint density at radius 1 is 1.43 bits per heavy atom. The lowest BCUT2D eigenvalue weighted by Crippen LogP contribution is -2.10. The van der Waals surface area contributed by atoms with Crippen LogP contribution >= 0.6 is 23.2 Å². The lowest BCUT2D eigenvalue weighted by atomic mass is 10.0. The van der Waals surface area contributed by atoms with Crippen LogP contribution in [-0.2, 0) is 0 Å². The molecule has 0 unspecified atom stereocenters. The average Bonchev–Trinajstić information content (AvgIpc) is 2.01. The summed E-state index contributed by atoms with van der Waals surface area (Å²) in [5, 5.41) is 10.5. The van der Waals surface area contributed by atoms with Gasteiger partial charge in [0.2, 0.25) is 0 Å². The number of hydrogen-bond donors (Lipinski definition) is 2. The van der Waals surface area contributed by atoms with Gasteiger partial charge in [-0.05, 0) is 18.6 Å². The second kappa shape index (κ2) is 4.87. The third-order valence-electron chi connectivity index (χ3n) is 2.04. The molecule has 1 aromatic rings. The van der Waals surface area contributed by atoms with Crippen molar-refractivity contribution in [3.8, 4) is 5.75 Å². The summed E-state index contributed by atoms with van der Waals surface area (Å²) in [5.74, 6) is 0.0726. The standard InChI is InChI=1S/C10H13Cl2NO/c1-2-3-8(13)10-7(12)4-6(11)5-9(10)14/h4-5,8,14H,2-3,13H2,1H3/t8-/m1/s1. The van der Waals surface area contributed by atoms with Gasteiger partial charge in [0.1, 0.15) is 5.75 Å². The highest BCUT2D eigenvalue weighted by Gasteiger charge is 2.14. The van der Waals surface area contributed by atoms with Gasteiger partial charge in [0.05, 0.1) is 5.02 Å². The summed E-state index contributed by atoms with van der Waals surface area (Å²) in [4.78, 5) is 0. The first-order valence-corrected chi connectivity index (χ1v) is 5.25.